The number of hydrogen-bond donors (Lipinski definition) is 0. The van der Waals surface area contributed by atoms with Crippen LogP contribution in [0.25, 0.3) is 11.3 Å². The second kappa shape index (κ2) is 4.84. The number of rotatable bonds is 3. The topological polar surface area (TPSA) is 30.0 Å². The van der Waals surface area contributed by atoms with Crippen LogP contribution in [0, 0.1) is 5.82 Å². The van der Waals surface area contributed by atoms with Gasteiger partial charge in [-0.2, -0.15) is 0 Å². The molecule has 0 bridgehead atoms. The maximum absolute atomic E-state index is 13.5. The van der Waals surface area contributed by atoms with Crippen LogP contribution in [0.1, 0.15) is 5.01 Å². The van der Waals surface area contributed by atoms with E-state index in [4.69, 9.17) is 0 Å². The molecule has 1 aromatic heterocycles. The average molecular weight is 300 g/mol. The number of halogens is 2. The molecule has 2 rings (SSSR count). The Kier molecular flexibility index (Phi) is 3.46. The minimum absolute atomic E-state index is 0.278. The van der Waals surface area contributed by atoms with Crippen molar-refractivity contribution >= 4 is 33.6 Å². The lowest BCUT2D eigenvalue weighted by Gasteiger charge is -1.99. The monoisotopic (exact) mass is 299 g/mol. The Balaban J connectivity index is 2.41. The van der Waals surface area contributed by atoms with Crippen molar-refractivity contribution in [2.45, 2.75) is 6.42 Å². The van der Waals surface area contributed by atoms with E-state index in [1.54, 1.807) is 17.5 Å². The number of thiazole rings is 1. The summed E-state index contributed by atoms with van der Waals surface area (Å²) < 4.78 is 14.3. The Morgan fingerprint density at radius 1 is 1.50 bits per heavy atom. The molecule has 16 heavy (non-hydrogen) atoms. The second-order valence-electron chi connectivity index (χ2n) is 3.12. The normalized spacial score (nSPS) is 10.4. The summed E-state index contributed by atoms with van der Waals surface area (Å²) in [5.74, 6) is -0.314. The molecule has 0 aliphatic carbocycles. The van der Waals surface area contributed by atoms with E-state index in [1.165, 1.54) is 17.4 Å². The summed E-state index contributed by atoms with van der Waals surface area (Å²) in [4.78, 5) is 14.5. The van der Waals surface area contributed by atoms with Gasteiger partial charge in [0.25, 0.3) is 0 Å². The lowest BCUT2D eigenvalue weighted by Crippen LogP contribution is -1.87. The third-order valence-corrected chi connectivity index (χ3v) is 3.38. The predicted molar refractivity (Wildman–Crippen MR) is 65.0 cm³/mol. The molecule has 5 heteroatoms. The highest BCUT2D eigenvalue weighted by molar-refractivity contribution is 9.10. The van der Waals surface area contributed by atoms with E-state index in [-0.39, 0.29) is 12.2 Å². The number of carbonyl (C=O) groups is 1. The Morgan fingerprint density at radius 3 is 3.06 bits per heavy atom. The first-order valence-electron chi connectivity index (χ1n) is 4.54. The van der Waals surface area contributed by atoms with Gasteiger partial charge in [-0.3, -0.25) is 0 Å². The quantitative estimate of drug-likeness (QED) is 0.813. The molecule has 0 N–H and O–H groups in total. The van der Waals surface area contributed by atoms with E-state index in [2.05, 4.69) is 20.9 Å². The summed E-state index contributed by atoms with van der Waals surface area (Å²) in [5.41, 5.74) is 1.02. The van der Waals surface area contributed by atoms with Crippen LogP contribution in [0.5, 0.6) is 0 Å². The molecule has 0 atom stereocenters. The SMILES string of the molecule is O=CCc1nc(-c2cc(Br)ccc2F)cs1. The maximum atomic E-state index is 13.5. The summed E-state index contributed by atoms with van der Waals surface area (Å²) >= 11 is 4.64. The van der Waals surface area contributed by atoms with Crippen LogP contribution in [-0.2, 0) is 11.2 Å². The molecule has 0 amide bonds. The van der Waals surface area contributed by atoms with Crippen molar-refractivity contribution in [2.24, 2.45) is 0 Å². The van der Waals surface area contributed by atoms with Gasteiger partial charge in [0, 0.05) is 15.4 Å². The van der Waals surface area contributed by atoms with Crippen LogP contribution in [0.3, 0.4) is 0 Å². The fourth-order valence-corrected chi connectivity index (χ4v) is 2.40. The van der Waals surface area contributed by atoms with Crippen molar-refractivity contribution in [1.82, 2.24) is 4.98 Å². The molecule has 0 saturated carbocycles. The number of nitrogens with zero attached hydrogens (tertiary/aromatic N) is 1. The van der Waals surface area contributed by atoms with Crippen molar-refractivity contribution in [2.75, 3.05) is 0 Å². The van der Waals surface area contributed by atoms with E-state index in [0.29, 0.717) is 16.3 Å². The van der Waals surface area contributed by atoms with Crippen molar-refractivity contribution in [3.63, 3.8) is 0 Å². The smallest absolute Gasteiger partial charge is 0.132 e. The standard InChI is InChI=1S/C11H7BrFNOS/c12-7-1-2-9(13)8(5-7)10-6-16-11(14-10)3-4-15/h1-2,4-6H,3H2. The highest BCUT2D eigenvalue weighted by atomic mass is 79.9. The summed E-state index contributed by atoms with van der Waals surface area (Å²) in [7, 11) is 0. The zero-order valence-corrected chi connectivity index (χ0v) is 10.5. The largest absolute Gasteiger partial charge is 0.303 e. The minimum atomic E-state index is -0.314. The molecule has 1 heterocycles. The van der Waals surface area contributed by atoms with Crippen molar-refractivity contribution in [1.29, 1.82) is 0 Å². The van der Waals surface area contributed by atoms with Crippen molar-refractivity contribution in [3.8, 4) is 11.3 Å². The van der Waals surface area contributed by atoms with Gasteiger partial charge in [0.1, 0.15) is 17.1 Å². The average Bonchev–Trinajstić information content (AvgIpc) is 2.71. The molecule has 0 spiro atoms. The van der Waals surface area contributed by atoms with Gasteiger partial charge in [0.15, 0.2) is 0 Å². The van der Waals surface area contributed by atoms with E-state index in [1.807, 2.05) is 0 Å². The molecule has 0 fully saturated rings. The van der Waals surface area contributed by atoms with Crippen LogP contribution in [0.2, 0.25) is 0 Å². The summed E-state index contributed by atoms with van der Waals surface area (Å²) in [6.07, 6.45) is 1.07. The molecule has 2 aromatic rings. The molecule has 2 nitrogen and oxygen atoms in total. The fraction of sp³-hybridized carbons (Fsp3) is 0.0909. The number of aromatic nitrogens is 1. The third kappa shape index (κ3) is 2.36. The summed E-state index contributed by atoms with van der Waals surface area (Å²) in [5, 5.41) is 2.45. The lowest BCUT2D eigenvalue weighted by atomic mass is 10.1. The van der Waals surface area contributed by atoms with Gasteiger partial charge in [-0.1, -0.05) is 15.9 Å². The number of hydrogen-bond acceptors (Lipinski definition) is 3. The van der Waals surface area contributed by atoms with Crippen LogP contribution in [0.4, 0.5) is 4.39 Å². The van der Waals surface area contributed by atoms with Crippen LogP contribution in [-0.4, -0.2) is 11.3 Å². The second-order valence-corrected chi connectivity index (χ2v) is 4.98. The van der Waals surface area contributed by atoms with Gasteiger partial charge in [0.2, 0.25) is 0 Å². The molecular weight excluding hydrogens is 293 g/mol. The molecule has 0 unspecified atom stereocenters. The van der Waals surface area contributed by atoms with Crippen LogP contribution < -0.4 is 0 Å². The first-order chi connectivity index (χ1) is 7.70. The fourth-order valence-electron chi connectivity index (χ4n) is 1.29. The van der Waals surface area contributed by atoms with Gasteiger partial charge < -0.3 is 4.79 Å². The Hall–Kier alpha value is -1.07. The van der Waals surface area contributed by atoms with Crippen LogP contribution >= 0.6 is 27.3 Å². The van der Waals surface area contributed by atoms with E-state index in [0.717, 1.165) is 10.8 Å². The Morgan fingerprint density at radius 2 is 2.31 bits per heavy atom. The van der Waals surface area contributed by atoms with E-state index < -0.39 is 0 Å². The highest BCUT2D eigenvalue weighted by Crippen LogP contribution is 2.27. The first-order valence-corrected chi connectivity index (χ1v) is 6.21. The van der Waals surface area contributed by atoms with Gasteiger partial charge in [0.05, 0.1) is 12.1 Å². The van der Waals surface area contributed by atoms with Crippen molar-refractivity contribution in [3.05, 3.63) is 38.9 Å². The van der Waals surface area contributed by atoms with Gasteiger partial charge in [-0.25, -0.2) is 9.37 Å². The zero-order valence-electron chi connectivity index (χ0n) is 8.11. The Labute approximate surface area is 104 Å². The third-order valence-electron chi connectivity index (χ3n) is 2.01. The van der Waals surface area contributed by atoms with Gasteiger partial charge in [-0.05, 0) is 18.2 Å². The van der Waals surface area contributed by atoms with Crippen molar-refractivity contribution < 1.29 is 9.18 Å². The summed E-state index contributed by atoms with van der Waals surface area (Å²) in [6.45, 7) is 0. The van der Waals surface area contributed by atoms with E-state index in [9.17, 15) is 9.18 Å². The summed E-state index contributed by atoms with van der Waals surface area (Å²) in [6, 6.07) is 4.70. The molecule has 0 radical (unpaired) electrons. The molecule has 82 valence electrons. The zero-order chi connectivity index (χ0) is 11.5. The first kappa shape index (κ1) is 11.4. The molecular formula is C11H7BrFNOS. The van der Waals surface area contributed by atoms with Crippen LogP contribution in [0.15, 0.2) is 28.1 Å². The molecule has 0 aliphatic heterocycles. The lowest BCUT2D eigenvalue weighted by molar-refractivity contribution is -0.107. The molecule has 0 saturated heterocycles. The van der Waals surface area contributed by atoms with E-state index >= 15 is 0 Å². The number of aldehydes is 1. The van der Waals surface area contributed by atoms with Gasteiger partial charge in [-0.15, -0.1) is 11.3 Å². The highest BCUT2D eigenvalue weighted by Gasteiger charge is 2.09. The molecule has 0 aliphatic rings. The minimum Gasteiger partial charge on any atom is -0.303 e. The Bertz CT molecular complexity index is 526. The molecule has 1 aromatic carbocycles. The number of benzene rings is 1. The van der Waals surface area contributed by atoms with Gasteiger partial charge >= 0.3 is 0 Å². The maximum Gasteiger partial charge on any atom is 0.132 e. The number of carbonyl (C=O) groups excluding carboxylic acids is 1. The predicted octanol–water partition coefficient (Wildman–Crippen LogP) is 3.45.